The highest BCUT2D eigenvalue weighted by Gasteiger charge is 2.13. The minimum Gasteiger partial charge on any atom is -0.478 e. The van der Waals surface area contributed by atoms with Gasteiger partial charge in [-0.1, -0.05) is 6.07 Å². The summed E-state index contributed by atoms with van der Waals surface area (Å²) in [7, 11) is 0. The Labute approximate surface area is 115 Å². The van der Waals surface area contributed by atoms with Gasteiger partial charge in [0.2, 0.25) is 0 Å². The zero-order valence-electron chi connectivity index (χ0n) is 9.11. The molecule has 0 spiro atoms. The van der Waals surface area contributed by atoms with Crippen LogP contribution in [0, 0.1) is 5.82 Å². The molecular weight excluding hydrogens is 321 g/mol. The molecule has 0 radical (unpaired) electrons. The second-order valence-corrected chi connectivity index (χ2v) is 6.07. The van der Waals surface area contributed by atoms with Crippen molar-refractivity contribution in [3.8, 4) is 0 Å². The van der Waals surface area contributed by atoms with Gasteiger partial charge in [-0.2, -0.15) is 0 Å². The predicted molar refractivity (Wildman–Crippen MR) is 72.7 cm³/mol. The summed E-state index contributed by atoms with van der Waals surface area (Å²) >= 11 is 4.84. The molecule has 1 aromatic carbocycles. The number of carboxylic acids is 1. The molecule has 0 aliphatic heterocycles. The fraction of sp³-hybridized carbons (Fsp3) is 0.0833. The number of benzene rings is 1. The van der Waals surface area contributed by atoms with Gasteiger partial charge in [-0.25, -0.2) is 9.18 Å². The third-order valence-electron chi connectivity index (χ3n) is 2.31. The van der Waals surface area contributed by atoms with Crippen LogP contribution in [0.1, 0.15) is 15.2 Å². The maximum absolute atomic E-state index is 13.6. The first kappa shape index (κ1) is 13.0. The summed E-state index contributed by atoms with van der Waals surface area (Å²) in [6.45, 7) is 0.386. The van der Waals surface area contributed by atoms with Crippen LogP contribution in [0.2, 0.25) is 0 Å². The molecule has 0 aliphatic carbocycles. The first-order valence-corrected chi connectivity index (χ1v) is 6.69. The highest BCUT2D eigenvalue weighted by molar-refractivity contribution is 9.11. The van der Waals surface area contributed by atoms with Crippen molar-refractivity contribution in [2.75, 3.05) is 5.32 Å². The van der Waals surface area contributed by atoms with Gasteiger partial charge in [0.25, 0.3) is 0 Å². The quantitative estimate of drug-likeness (QED) is 0.892. The lowest BCUT2D eigenvalue weighted by Crippen LogP contribution is -2.07. The molecule has 94 valence electrons. The largest absolute Gasteiger partial charge is 0.478 e. The number of halogens is 2. The van der Waals surface area contributed by atoms with Crippen molar-refractivity contribution in [3.05, 3.63) is 50.4 Å². The van der Waals surface area contributed by atoms with Gasteiger partial charge in [0.15, 0.2) is 0 Å². The molecule has 0 fully saturated rings. The maximum atomic E-state index is 13.6. The molecule has 0 atom stereocenters. The maximum Gasteiger partial charge on any atom is 0.337 e. The van der Waals surface area contributed by atoms with E-state index in [2.05, 4.69) is 21.2 Å². The summed E-state index contributed by atoms with van der Waals surface area (Å²) in [6.07, 6.45) is 0. The van der Waals surface area contributed by atoms with Crippen molar-refractivity contribution in [3.63, 3.8) is 0 Å². The van der Waals surface area contributed by atoms with Crippen LogP contribution in [0.4, 0.5) is 10.1 Å². The topological polar surface area (TPSA) is 49.3 Å². The molecular formula is C12H9BrFNO2S. The number of carbonyl (C=O) groups is 1. The number of anilines is 1. The number of rotatable bonds is 4. The van der Waals surface area contributed by atoms with E-state index in [1.54, 1.807) is 0 Å². The lowest BCUT2D eigenvalue weighted by atomic mass is 10.1. The summed E-state index contributed by atoms with van der Waals surface area (Å²) in [5.41, 5.74) is -0.0415. The molecule has 6 heteroatoms. The lowest BCUT2D eigenvalue weighted by molar-refractivity contribution is 0.0697. The van der Waals surface area contributed by atoms with E-state index in [-0.39, 0.29) is 11.3 Å². The fourth-order valence-corrected chi connectivity index (χ4v) is 2.93. The molecule has 1 aromatic heterocycles. The van der Waals surface area contributed by atoms with E-state index in [9.17, 15) is 9.18 Å². The molecule has 0 unspecified atom stereocenters. The van der Waals surface area contributed by atoms with Gasteiger partial charge in [0.05, 0.1) is 15.0 Å². The molecule has 2 aromatic rings. The van der Waals surface area contributed by atoms with Crippen molar-refractivity contribution in [1.29, 1.82) is 0 Å². The smallest absolute Gasteiger partial charge is 0.337 e. The van der Waals surface area contributed by atoms with Crippen LogP contribution < -0.4 is 5.32 Å². The number of hydrogen-bond acceptors (Lipinski definition) is 3. The van der Waals surface area contributed by atoms with Crippen molar-refractivity contribution < 1.29 is 14.3 Å². The average molecular weight is 330 g/mol. The molecule has 0 bridgehead atoms. The molecule has 0 saturated heterocycles. The van der Waals surface area contributed by atoms with E-state index in [0.29, 0.717) is 6.54 Å². The monoisotopic (exact) mass is 329 g/mol. The van der Waals surface area contributed by atoms with Gasteiger partial charge in [0.1, 0.15) is 5.82 Å². The van der Waals surface area contributed by atoms with E-state index in [0.717, 1.165) is 8.66 Å². The highest BCUT2D eigenvalue weighted by atomic mass is 79.9. The summed E-state index contributed by atoms with van der Waals surface area (Å²) in [6, 6.07) is 7.77. The molecule has 18 heavy (non-hydrogen) atoms. The van der Waals surface area contributed by atoms with Crippen molar-refractivity contribution >= 4 is 38.9 Å². The van der Waals surface area contributed by atoms with E-state index in [4.69, 9.17) is 5.11 Å². The van der Waals surface area contributed by atoms with Crippen LogP contribution in [0.3, 0.4) is 0 Å². The van der Waals surface area contributed by atoms with E-state index in [1.165, 1.54) is 29.5 Å². The summed E-state index contributed by atoms with van der Waals surface area (Å²) in [5, 5.41) is 11.8. The SMILES string of the molecule is O=C(O)c1cccc(F)c1NCc1ccc(Br)s1. The molecule has 0 amide bonds. The van der Waals surface area contributed by atoms with Crippen molar-refractivity contribution in [2.45, 2.75) is 6.54 Å². The van der Waals surface area contributed by atoms with Crippen LogP contribution in [0.5, 0.6) is 0 Å². The van der Waals surface area contributed by atoms with Gasteiger partial charge < -0.3 is 10.4 Å². The molecule has 0 aliphatic rings. The Morgan fingerprint density at radius 2 is 2.17 bits per heavy atom. The molecule has 1 heterocycles. The van der Waals surface area contributed by atoms with Crippen molar-refractivity contribution in [2.24, 2.45) is 0 Å². The Kier molecular flexibility index (Phi) is 3.98. The van der Waals surface area contributed by atoms with Crippen LogP contribution in [0.25, 0.3) is 0 Å². The minimum absolute atomic E-state index is 0.0227. The average Bonchev–Trinajstić information content (AvgIpc) is 2.73. The zero-order valence-corrected chi connectivity index (χ0v) is 11.5. The van der Waals surface area contributed by atoms with Gasteiger partial charge in [-0.15, -0.1) is 11.3 Å². The van der Waals surface area contributed by atoms with E-state index in [1.807, 2.05) is 12.1 Å². The van der Waals surface area contributed by atoms with Crippen LogP contribution in [-0.4, -0.2) is 11.1 Å². The first-order valence-electron chi connectivity index (χ1n) is 5.08. The molecule has 3 nitrogen and oxygen atoms in total. The van der Waals surface area contributed by atoms with Crippen LogP contribution >= 0.6 is 27.3 Å². The lowest BCUT2D eigenvalue weighted by Gasteiger charge is -2.09. The Balaban J connectivity index is 2.20. The second-order valence-electron chi connectivity index (χ2n) is 3.53. The number of para-hydroxylation sites is 1. The van der Waals surface area contributed by atoms with Crippen LogP contribution in [0.15, 0.2) is 34.1 Å². The standard InChI is InChI=1S/C12H9BrFNO2S/c13-10-5-4-7(18-10)6-15-11-8(12(16)17)2-1-3-9(11)14/h1-5,15H,6H2,(H,16,17). The summed E-state index contributed by atoms with van der Waals surface area (Å²) < 4.78 is 14.6. The number of carboxylic acid groups (broad SMARTS) is 1. The predicted octanol–water partition coefficient (Wildman–Crippen LogP) is 3.96. The third-order valence-corrected chi connectivity index (χ3v) is 3.94. The number of nitrogens with one attached hydrogen (secondary N) is 1. The normalized spacial score (nSPS) is 10.3. The van der Waals surface area contributed by atoms with Crippen molar-refractivity contribution in [1.82, 2.24) is 0 Å². The van der Waals surface area contributed by atoms with E-state index >= 15 is 0 Å². The molecule has 2 rings (SSSR count). The Bertz CT molecular complexity index is 585. The number of thiophene rings is 1. The number of aromatic carboxylic acids is 1. The van der Waals surface area contributed by atoms with Gasteiger partial charge in [-0.3, -0.25) is 0 Å². The second kappa shape index (κ2) is 5.49. The molecule has 2 N–H and O–H groups in total. The summed E-state index contributed by atoms with van der Waals surface area (Å²) in [5.74, 6) is -1.71. The number of hydrogen-bond donors (Lipinski definition) is 2. The Morgan fingerprint density at radius 3 is 2.78 bits per heavy atom. The van der Waals surface area contributed by atoms with E-state index < -0.39 is 11.8 Å². The van der Waals surface area contributed by atoms with Gasteiger partial charge >= 0.3 is 5.97 Å². The first-order chi connectivity index (χ1) is 8.58. The fourth-order valence-electron chi connectivity index (χ4n) is 1.50. The zero-order chi connectivity index (χ0) is 13.1. The van der Waals surface area contributed by atoms with Crippen LogP contribution in [-0.2, 0) is 6.54 Å². The summed E-state index contributed by atoms with van der Waals surface area (Å²) in [4.78, 5) is 12.0. The Morgan fingerprint density at radius 1 is 1.39 bits per heavy atom. The Hall–Kier alpha value is -1.40. The highest BCUT2D eigenvalue weighted by Crippen LogP contribution is 2.25. The van der Waals surface area contributed by atoms with Gasteiger partial charge in [0, 0.05) is 11.4 Å². The minimum atomic E-state index is -1.15. The molecule has 0 saturated carbocycles. The third kappa shape index (κ3) is 2.88. The van der Waals surface area contributed by atoms with Gasteiger partial charge in [-0.05, 0) is 40.2 Å².